The zero-order valence-electron chi connectivity index (χ0n) is 11.8. The summed E-state index contributed by atoms with van der Waals surface area (Å²) in [5, 5.41) is 0.746. The molecule has 4 nitrogen and oxygen atoms in total. The Morgan fingerprint density at radius 3 is 2.10 bits per heavy atom. The van der Waals surface area contributed by atoms with Gasteiger partial charge in [-0.15, -0.1) is 0 Å². The molecule has 1 aromatic rings. The molecule has 21 heavy (non-hydrogen) atoms. The molecule has 2 amide bonds. The van der Waals surface area contributed by atoms with Gasteiger partial charge in [0.2, 0.25) is 0 Å². The summed E-state index contributed by atoms with van der Waals surface area (Å²) in [6.07, 6.45) is 1.53. The van der Waals surface area contributed by atoms with Crippen molar-refractivity contribution in [1.29, 1.82) is 0 Å². The van der Waals surface area contributed by atoms with Crippen LogP contribution in [0.15, 0.2) is 29.8 Å². The van der Waals surface area contributed by atoms with Gasteiger partial charge in [0.1, 0.15) is 5.57 Å². The van der Waals surface area contributed by atoms with E-state index in [-0.39, 0.29) is 22.5 Å². The summed E-state index contributed by atoms with van der Waals surface area (Å²) in [4.78, 5) is 27.7. The number of hydrogen-bond acceptors (Lipinski definition) is 3. The minimum absolute atomic E-state index is 0.0837. The average Bonchev–Trinajstić information content (AvgIpc) is 2.46. The first kappa shape index (κ1) is 15.7. The van der Waals surface area contributed by atoms with E-state index in [0.29, 0.717) is 23.7 Å². The highest BCUT2D eigenvalue weighted by molar-refractivity contribution is 7.80. The molecule has 1 aliphatic heterocycles. The zero-order valence-corrected chi connectivity index (χ0v) is 13.4. The minimum Gasteiger partial charge on any atom is -0.285 e. The van der Waals surface area contributed by atoms with Gasteiger partial charge in [0.15, 0.2) is 5.11 Å². The molecule has 0 saturated carbocycles. The number of nitrogens with zero attached hydrogens (tertiary/aromatic N) is 2. The highest BCUT2D eigenvalue weighted by atomic mass is 35.5. The first-order valence-corrected chi connectivity index (χ1v) is 7.43. The van der Waals surface area contributed by atoms with Gasteiger partial charge in [-0.25, -0.2) is 0 Å². The van der Waals surface area contributed by atoms with Crippen molar-refractivity contribution in [2.45, 2.75) is 13.8 Å². The molecule has 6 heteroatoms. The number of thiocarbonyl (C=S) groups is 1. The van der Waals surface area contributed by atoms with E-state index in [2.05, 4.69) is 0 Å². The number of benzene rings is 1. The second-order valence-electron chi connectivity index (χ2n) is 4.46. The lowest BCUT2D eigenvalue weighted by atomic mass is 10.1. The lowest BCUT2D eigenvalue weighted by Crippen LogP contribution is -2.55. The zero-order chi connectivity index (χ0) is 15.6. The van der Waals surface area contributed by atoms with Gasteiger partial charge >= 0.3 is 0 Å². The van der Waals surface area contributed by atoms with Gasteiger partial charge in [-0.1, -0.05) is 29.8 Å². The Bertz CT molecular complexity index is 614. The summed E-state index contributed by atoms with van der Waals surface area (Å²) in [5.74, 6) is -0.755. The maximum Gasteiger partial charge on any atom is 0.265 e. The van der Waals surface area contributed by atoms with Crippen molar-refractivity contribution in [2.75, 3.05) is 13.1 Å². The number of halogens is 1. The van der Waals surface area contributed by atoms with E-state index in [9.17, 15) is 9.59 Å². The molecule has 0 N–H and O–H groups in total. The Morgan fingerprint density at radius 2 is 1.62 bits per heavy atom. The quantitative estimate of drug-likeness (QED) is 0.488. The summed E-state index contributed by atoms with van der Waals surface area (Å²) in [6, 6.07) is 7.07. The maximum absolute atomic E-state index is 12.4. The summed E-state index contributed by atoms with van der Waals surface area (Å²) in [7, 11) is 0. The van der Waals surface area contributed by atoms with Crippen molar-refractivity contribution in [2.24, 2.45) is 0 Å². The van der Waals surface area contributed by atoms with Crippen LogP contribution in [0.2, 0.25) is 5.02 Å². The normalized spacial score (nSPS) is 15.8. The fraction of sp³-hybridized carbons (Fsp3) is 0.267. The van der Waals surface area contributed by atoms with Crippen LogP contribution < -0.4 is 0 Å². The van der Waals surface area contributed by atoms with Crippen LogP contribution in [0.3, 0.4) is 0 Å². The first-order chi connectivity index (χ1) is 10.0. The molecular formula is C15H15ClN2O2S. The molecule has 0 unspecified atom stereocenters. The monoisotopic (exact) mass is 322 g/mol. The van der Waals surface area contributed by atoms with Gasteiger partial charge in [0, 0.05) is 18.1 Å². The van der Waals surface area contributed by atoms with Crippen molar-refractivity contribution < 1.29 is 9.59 Å². The number of likely N-dealkylation sites (N-methyl/N-ethyl adjacent to an activating group) is 2. The third-order valence-corrected chi connectivity index (χ3v) is 4.04. The smallest absolute Gasteiger partial charge is 0.265 e. The van der Waals surface area contributed by atoms with Gasteiger partial charge in [-0.2, -0.15) is 0 Å². The van der Waals surface area contributed by atoms with E-state index in [1.54, 1.807) is 24.3 Å². The second kappa shape index (κ2) is 6.37. The largest absolute Gasteiger partial charge is 0.285 e. The Hall–Kier alpha value is -1.72. The average molecular weight is 323 g/mol. The van der Waals surface area contributed by atoms with Gasteiger partial charge < -0.3 is 0 Å². The van der Waals surface area contributed by atoms with Crippen LogP contribution in [0.1, 0.15) is 19.4 Å². The summed E-state index contributed by atoms with van der Waals surface area (Å²) < 4.78 is 0. The fourth-order valence-corrected chi connectivity index (χ4v) is 2.74. The predicted molar refractivity (Wildman–Crippen MR) is 86.8 cm³/mol. The van der Waals surface area contributed by atoms with E-state index >= 15 is 0 Å². The Morgan fingerprint density at radius 1 is 1.10 bits per heavy atom. The molecule has 2 rings (SSSR count). The van der Waals surface area contributed by atoms with E-state index in [0.717, 1.165) is 0 Å². The first-order valence-electron chi connectivity index (χ1n) is 6.65. The Kier molecular flexibility index (Phi) is 4.75. The van der Waals surface area contributed by atoms with Crippen LogP contribution >= 0.6 is 23.8 Å². The van der Waals surface area contributed by atoms with Crippen molar-refractivity contribution in [3.8, 4) is 0 Å². The molecule has 0 spiro atoms. The van der Waals surface area contributed by atoms with Crippen LogP contribution in [-0.4, -0.2) is 39.8 Å². The molecule has 1 saturated heterocycles. The molecule has 1 aliphatic rings. The summed E-state index contributed by atoms with van der Waals surface area (Å²) in [6.45, 7) is 4.48. The molecule has 0 atom stereocenters. The molecular weight excluding hydrogens is 308 g/mol. The molecule has 0 aromatic heterocycles. The highest BCUT2D eigenvalue weighted by Gasteiger charge is 2.37. The SMILES string of the molecule is CCN1C(=O)C(=Cc2ccccc2Cl)C(=O)N(CC)C1=S. The number of carbonyl (C=O) groups excluding carboxylic acids is 2. The van der Waals surface area contributed by atoms with E-state index in [1.165, 1.54) is 15.9 Å². The van der Waals surface area contributed by atoms with Gasteiger partial charge in [0.05, 0.1) is 0 Å². The molecule has 1 fully saturated rings. The number of carbonyl (C=O) groups is 2. The fourth-order valence-electron chi connectivity index (χ4n) is 2.13. The Labute approximate surface area is 134 Å². The molecule has 0 aliphatic carbocycles. The lowest BCUT2D eigenvalue weighted by molar-refractivity contribution is -0.133. The van der Waals surface area contributed by atoms with E-state index in [1.807, 2.05) is 13.8 Å². The van der Waals surface area contributed by atoms with Crippen LogP contribution in [-0.2, 0) is 9.59 Å². The Balaban J connectivity index is 2.50. The van der Waals surface area contributed by atoms with Gasteiger partial charge in [0.25, 0.3) is 11.8 Å². The van der Waals surface area contributed by atoms with Crippen molar-refractivity contribution in [3.05, 3.63) is 40.4 Å². The van der Waals surface area contributed by atoms with Gasteiger partial charge in [-0.05, 0) is 43.8 Å². The van der Waals surface area contributed by atoms with Crippen molar-refractivity contribution in [3.63, 3.8) is 0 Å². The standard InChI is InChI=1S/C15H15ClN2O2S/c1-3-17-13(19)11(14(20)18(4-2)15(17)21)9-10-7-5-6-8-12(10)16/h5-9H,3-4H2,1-2H3. The third-order valence-electron chi connectivity index (χ3n) is 3.25. The third kappa shape index (κ3) is 2.84. The number of rotatable bonds is 3. The van der Waals surface area contributed by atoms with Gasteiger partial charge in [-0.3, -0.25) is 19.4 Å². The molecule has 1 heterocycles. The topological polar surface area (TPSA) is 40.6 Å². The second-order valence-corrected chi connectivity index (χ2v) is 5.23. The summed E-state index contributed by atoms with van der Waals surface area (Å²) >= 11 is 11.3. The molecule has 110 valence electrons. The van der Waals surface area contributed by atoms with Crippen LogP contribution in [0, 0.1) is 0 Å². The lowest BCUT2D eigenvalue weighted by Gasteiger charge is -2.35. The maximum atomic E-state index is 12.4. The van der Waals surface area contributed by atoms with E-state index < -0.39 is 0 Å². The number of amides is 2. The molecule has 0 bridgehead atoms. The number of hydrogen-bond donors (Lipinski definition) is 0. The highest BCUT2D eigenvalue weighted by Crippen LogP contribution is 2.23. The predicted octanol–water partition coefficient (Wildman–Crippen LogP) is 2.72. The molecule has 1 aromatic carbocycles. The van der Waals surface area contributed by atoms with Crippen molar-refractivity contribution >= 4 is 46.8 Å². The van der Waals surface area contributed by atoms with Crippen molar-refractivity contribution in [1.82, 2.24) is 9.80 Å². The summed E-state index contributed by atoms with van der Waals surface area (Å²) in [5.41, 5.74) is 0.719. The minimum atomic E-state index is -0.378. The van der Waals surface area contributed by atoms with Crippen LogP contribution in [0.25, 0.3) is 6.08 Å². The molecule has 0 radical (unpaired) electrons. The van der Waals surface area contributed by atoms with Crippen LogP contribution in [0.5, 0.6) is 0 Å². The van der Waals surface area contributed by atoms with E-state index in [4.69, 9.17) is 23.8 Å². The van der Waals surface area contributed by atoms with Crippen LogP contribution in [0.4, 0.5) is 0 Å².